The lowest BCUT2D eigenvalue weighted by Crippen LogP contribution is -2.16. The number of amides is 1. The summed E-state index contributed by atoms with van der Waals surface area (Å²) in [6.07, 6.45) is 0.242. The van der Waals surface area contributed by atoms with Crippen LogP contribution in [-0.2, 0) is 16.0 Å². The van der Waals surface area contributed by atoms with Crippen molar-refractivity contribution in [3.63, 3.8) is 0 Å². The van der Waals surface area contributed by atoms with Crippen molar-refractivity contribution in [3.05, 3.63) is 76.5 Å². The van der Waals surface area contributed by atoms with Crippen LogP contribution in [0.3, 0.4) is 0 Å². The fraction of sp³-hybridized carbons (Fsp3) is 0.100. The van der Waals surface area contributed by atoms with Gasteiger partial charge in [0.05, 0.1) is 19.2 Å². The van der Waals surface area contributed by atoms with Crippen molar-refractivity contribution >= 4 is 28.9 Å². The zero-order chi connectivity index (χ0) is 17.6. The van der Waals surface area contributed by atoms with Gasteiger partial charge in [-0.05, 0) is 28.1 Å². The average molecular weight is 351 g/mol. The first-order chi connectivity index (χ1) is 12.2. The summed E-state index contributed by atoms with van der Waals surface area (Å²) in [7, 11) is 1.32. The molecule has 0 fully saturated rings. The standard InChI is InChI=1S/C20H17NO3S/c1-24-20(23)19-17(11-12-25-19)21-18(22)13-14-7-9-16(10-8-14)15-5-3-2-4-6-15/h2-12H,13H2,1H3,(H,21,22). The predicted molar refractivity (Wildman–Crippen MR) is 99.9 cm³/mol. The summed E-state index contributed by atoms with van der Waals surface area (Å²) in [6, 6.07) is 19.7. The summed E-state index contributed by atoms with van der Waals surface area (Å²) in [4.78, 5) is 24.3. The molecule has 0 aliphatic rings. The first-order valence-electron chi connectivity index (χ1n) is 7.77. The predicted octanol–water partition coefficient (Wildman–Crippen LogP) is 4.38. The Labute approximate surface area is 150 Å². The third-order valence-corrected chi connectivity index (χ3v) is 4.63. The third-order valence-electron chi connectivity index (χ3n) is 3.74. The van der Waals surface area contributed by atoms with Crippen LogP contribution in [0.2, 0.25) is 0 Å². The molecule has 0 unspecified atom stereocenters. The molecule has 25 heavy (non-hydrogen) atoms. The molecule has 5 heteroatoms. The second-order valence-corrected chi connectivity index (χ2v) is 6.36. The van der Waals surface area contributed by atoms with Crippen LogP contribution in [0, 0.1) is 0 Å². The Morgan fingerprint density at radius 1 is 0.960 bits per heavy atom. The number of anilines is 1. The molecule has 1 N–H and O–H groups in total. The highest BCUT2D eigenvalue weighted by Crippen LogP contribution is 2.24. The molecule has 0 atom stereocenters. The number of carbonyl (C=O) groups is 2. The summed E-state index contributed by atoms with van der Waals surface area (Å²) in [5, 5.41) is 4.52. The maximum atomic E-state index is 12.2. The summed E-state index contributed by atoms with van der Waals surface area (Å²) in [5.41, 5.74) is 3.64. The van der Waals surface area contributed by atoms with E-state index in [4.69, 9.17) is 4.74 Å². The van der Waals surface area contributed by atoms with Gasteiger partial charge in [0.25, 0.3) is 0 Å². The lowest BCUT2D eigenvalue weighted by Gasteiger charge is -2.07. The third kappa shape index (κ3) is 4.14. The second-order valence-electron chi connectivity index (χ2n) is 5.44. The molecule has 0 radical (unpaired) electrons. The molecule has 3 rings (SSSR count). The number of methoxy groups -OCH3 is 1. The molecule has 1 amide bonds. The fourth-order valence-corrected chi connectivity index (χ4v) is 3.25. The Kier molecular flexibility index (Phi) is 5.26. The first-order valence-corrected chi connectivity index (χ1v) is 8.65. The van der Waals surface area contributed by atoms with Crippen LogP contribution >= 0.6 is 11.3 Å². The zero-order valence-corrected chi connectivity index (χ0v) is 14.5. The van der Waals surface area contributed by atoms with E-state index in [1.165, 1.54) is 18.4 Å². The minimum atomic E-state index is -0.447. The van der Waals surface area contributed by atoms with Gasteiger partial charge in [-0.2, -0.15) is 0 Å². The maximum absolute atomic E-state index is 12.2. The van der Waals surface area contributed by atoms with E-state index in [-0.39, 0.29) is 12.3 Å². The molecule has 1 aromatic heterocycles. The van der Waals surface area contributed by atoms with Crippen molar-refractivity contribution in [1.82, 2.24) is 0 Å². The van der Waals surface area contributed by atoms with Gasteiger partial charge in [0.15, 0.2) is 0 Å². The van der Waals surface area contributed by atoms with Gasteiger partial charge >= 0.3 is 5.97 Å². The highest BCUT2D eigenvalue weighted by atomic mass is 32.1. The normalized spacial score (nSPS) is 10.3. The van der Waals surface area contributed by atoms with E-state index >= 15 is 0 Å². The van der Waals surface area contributed by atoms with E-state index in [0.717, 1.165) is 16.7 Å². The molecule has 0 bridgehead atoms. The van der Waals surface area contributed by atoms with E-state index in [2.05, 4.69) is 5.32 Å². The van der Waals surface area contributed by atoms with Crippen molar-refractivity contribution in [2.75, 3.05) is 12.4 Å². The molecule has 0 saturated heterocycles. The number of esters is 1. The summed E-state index contributed by atoms with van der Waals surface area (Å²) in [5.74, 6) is -0.617. The molecular formula is C20H17NO3S. The smallest absolute Gasteiger partial charge is 0.350 e. The molecule has 1 heterocycles. The monoisotopic (exact) mass is 351 g/mol. The number of hydrogen-bond acceptors (Lipinski definition) is 4. The fourth-order valence-electron chi connectivity index (χ4n) is 2.48. The van der Waals surface area contributed by atoms with Crippen LogP contribution in [0.1, 0.15) is 15.2 Å². The van der Waals surface area contributed by atoms with Crippen LogP contribution in [0.4, 0.5) is 5.69 Å². The van der Waals surface area contributed by atoms with Gasteiger partial charge in [0, 0.05) is 0 Å². The molecule has 3 aromatic rings. The molecule has 126 valence electrons. The quantitative estimate of drug-likeness (QED) is 0.694. The van der Waals surface area contributed by atoms with E-state index in [9.17, 15) is 9.59 Å². The van der Waals surface area contributed by atoms with Gasteiger partial charge in [0.2, 0.25) is 5.91 Å². The maximum Gasteiger partial charge on any atom is 0.350 e. The van der Waals surface area contributed by atoms with Gasteiger partial charge in [-0.3, -0.25) is 4.79 Å². The van der Waals surface area contributed by atoms with Gasteiger partial charge < -0.3 is 10.1 Å². The Bertz CT molecular complexity index is 869. The highest BCUT2D eigenvalue weighted by Gasteiger charge is 2.15. The van der Waals surface area contributed by atoms with Crippen molar-refractivity contribution in [2.24, 2.45) is 0 Å². The largest absolute Gasteiger partial charge is 0.465 e. The van der Waals surface area contributed by atoms with Crippen LogP contribution in [0.25, 0.3) is 11.1 Å². The van der Waals surface area contributed by atoms with Gasteiger partial charge in [-0.25, -0.2) is 4.79 Å². The summed E-state index contributed by atoms with van der Waals surface area (Å²) < 4.78 is 4.71. The SMILES string of the molecule is COC(=O)c1sccc1NC(=O)Cc1ccc(-c2ccccc2)cc1. The zero-order valence-electron chi connectivity index (χ0n) is 13.7. The molecule has 0 saturated carbocycles. The van der Waals surface area contributed by atoms with Crippen LogP contribution in [0.5, 0.6) is 0 Å². The second kappa shape index (κ2) is 7.77. The van der Waals surface area contributed by atoms with Crippen molar-refractivity contribution in [3.8, 4) is 11.1 Å². The first kappa shape index (κ1) is 16.9. The lowest BCUT2D eigenvalue weighted by molar-refractivity contribution is -0.115. The van der Waals surface area contributed by atoms with Crippen molar-refractivity contribution in [1.29, 1.82) is 0 Å². The Hall–Kier alpha value is -2.92. The topological polar surface area (TPSA) is 55.4 Å². The molecule has 0 aliphatic heterocycles. The molecule has 4 nitrogen and oxygen atoms in total. The van der Waals surface area contributed by atoms with Gasteiger partial charge in [-0.1, -0.05) is 54.6 Å². The minimum absolute atomic E-state index is 0.170. The van der Waals surface area contributed by atoms with Crippen molar-refractivity contribution < 1.29 is 14.3 Å². The Morgan fingerprint density at radius 3 is 2.32 bits per heavy atom. The number of rotatable bonds is 5. The van der Waals surface area contributed by atoms with E-state index in [1.807, 2.05) is 54.6 Å². The number of ether oxygens (including phenoxy) is 1. The number of benzene rings is 2. The molecule has 0 spiro atoms. The molecular weight excluding hydrogens is 334 g/mol. The molecule has 0 aliphatic carbocycles. The summed E-state index contributed by atoms with van der Waals surface area (Å²) >= 11 is 1.24. The Morgan fingerprint density at radius 2 is 1.64 bits per heavy atom. The van der Waals surface area contributed by atoms with Crippen molar-refractivity contribution in [2.45, 2.75) is 6.42 Å². The Balaban J connectivity index is 1.66. The minimum Gasteiger partial charge on any atom is -0.465 e. The van der Waals surface area contributed by atoms with Crippen LogP contribution < -0.4 is 5.32 Å². The van der Waals surface area contributed by atoms with Gasteiger partial charge in [-0.15, -0.1) is 11.3 Å². The van der Waals surface area contributed by atoms with E-state index in [0.29, 0.717) is 10.6 Å². The van der Waals surface area contributed by atoms with E-state index in [1.54, 1.807) is 11.4 Å². The van der Waals surface area contributed by atoms with Gasteiger partial charge in [0.1, 0.15) is 4.88 Å². The number of hydrogen-bond donors (Lipinski definition) is 1. The van der Waals surface area contributed by atoms with Crippen LogP contribution in [0.15, 0.2) is 66.0 Å². The number of thiophene rings is 1. The van der Waals surface area contributed by atoms with E-state index < -0.39 is 5.97 Å². The average Bonchev–Trinajstić information content (AvgIpc) is 3.10. The number of nitrogens with one attached hydrogen (secondary N) is 1. The summed E-state index contributed by atoms with van der Waals surface area (Å²) in [6.45, 7) is 0. The van der Waals surface area contributed by atoms with Crippen LogP contribution in [-0.4, -0.2) is 19.0 Å². The number of carbonyl (C=O) groups excluding carboxylic acids is 2. The molecule has 2 aromatic carbocycles. The highest BCUT2D eigenvalue weighted by molar-refractivity contribution is 7.12. The lowest BCUT2D eigenvalue weighted by atomic mass is 10.0.